The van der Waals surface area contributed by atoms with Gasteiger partial charge in [0.05, 0.1) is 0 Å². The number of aromatic carboxylic acids is 1. The summed E-state index contributed by atoms with van der Waals surface area (Å²) in [5.74, 6) is -0.407. The summed E-state index contributed by atoms with van der Waals surface area (Å²) in [4.78, 5) is 10.9. The lowest BCUT2D eigenvalue weighted by molar-refractivity contribution is 0.0698. The normalized spacial score (nSPS) is 25.4. The zero-order valence-electron chi connectivity index (χ0n) is 10.9. The molecule has 0 spiro atoms. The molecule has 1 fully saturated rings. The van der Waals surface area contributed by atoms with Crippen molar-refractivity contribution in [3.63, 3.8) is 0 Å². The third-order valence-corrected chi connectivity index (χ3v) is 6.68. The van der Waals surface area contributed by atoms with Gasteiger partial charge in [0.2, 0.25) is 10.0 Å². The predicted octanol–water partition coefficient (Wildman–Crippen LogP) is 2.11. The van der Waals surface area contributed by atoms with Crippen LogP contribution in [0.25, 0.3) is 0 Å². The first kappa shape index (κ1) is 14.5. The summed E-state index contributed by atoms with van der Waals surface area (Å²) in [7, 11) is -3.69. The molecule has 1 saturated heterocycles. The maximum atomic E-state index is 12.5. The summed E-state index contributed by atoms with van der Waals surface area (Å²) in [6.45, 7) is 5.06. The van der Waals surface area contributed by atoms with E-state index in [0.717, 1.165) is 17.8 Å². The Kier molecular flexibility index (Phi) is 3.98. The minimum atomic E-state index is -3.69. The van der Waals surface area contributed by atoms with E-state index in [1.54, 1.807) is 0 Å². The van der Waals surface area contributed by atoms with E-state index in [9.17, 15) is 13.2 Å². The molecule has 5 nitrogen and oxygen atoms in total. The van der Waals surface area contributed by atoms with Crippen molar-refractivity contribution in [3.05, 3.63) is 16.3 Å². The van der Waals surface area contributed by atoms with Crippen LogP contribution in [-0.4, -0.2) is 36.9 Å². The molecule has 2 rings (SSSR count). The van der Waals surface area contributed by atoms with Crippen LogP contribution in [0.3, 0.4) is 0 Å². The second kappa shape index (κ2) is 5.22. The monoisotopic (exact) mass is 303 g/mol. The van der Waals surface area contributed by atoms with Crippen LogP contribution in [0.15, 0.2) is 16.3 Å². The molecule has 2 unspecified atom stereocenters. The van der Waals surface area contributed by atoms with Gasteiger partial charge in [-0.15, -0.1) is 11.3 Å². The van der Waals surface area contributed by atoms with Crippen LogP contribution in [0, 0.1) is 11.8 Å². The highest BCUT2D eigenvalue weighted by Crippen LogP contribution is 2.30. The smallest absolute Gasteiger partial charge is 0.347 e. The molecule has 0 amide bonds. The number of carbonyl (C=O) groups is 1. The zero-order chi connectivity index (χ0) is 14.2. The predicted molar refractivity (Wildman–Crippen MR) is 73.0 cm³/mol. The average molecular weight is 303 g/mol. The van der Waals surface area contributed by atoms with E-state index in [0.29, 0.717) is 19.0 Å². The number of rotatable bonds is 3. The van der Waals surface area contributed by atoms with Crippen molar-refractivity contribution in [2.24, 2.45) is 11.8 Å². The first-order valence-corrected chi connectivity index (χ1v) is 8.47. The van der Waals surface area contributed by atoms with Crippen molar-refractivity contribution in [3.8, 4) is 0 Å². The number of hydrogen-bond donors (Lipinski definition) is 1. The molecular weight excluding hydrogens is 286 g/mol. The van der Waals surface area contributed by atoms with Gasteiger partial charge in [0.1, 0.15) is 9.77 Å². The third-order valence-electron chi connectivity index (χ3n) is 3.74. The Morgan fingerprint density at radius 3 is 2.68 bits per heavy atom. The molecule has 1 aliphatic heterocycles. The lowest BCUT2D eigenvalue weighted by Crippen LogP contribution is -2.42. The molecule has 1 aliphatic rings. The molecule has 0 saturated carbocycles. The van der Waals surface area contributed by atoms with Crippen molar-refractivity contribution in [2.75, 3.05) is 13.1 Å². The molecule has 1 N–H and O–H groups in total. The van der Waals surface area contributed by atoms with E-state index in [1.807, 2.05) is 6.92 Å². The number of hydrogen-bond acceptors (Lipinski definition) is 4. The van der Waals surface area contributed by atoms with Crippen molar-refractivity contribution in [1.29, 1.82) is 0 Å². The molecule has 7 heteroatoms. The van der Waals surface area contributed by atoms with Gasteiger partial charge >= 0.3 is 5.97 Å². The largest absolute Gasteiger partial charge is 0.477 e. The van der Waals surface area contributed by atoms with Crippen LogP contribution in [0.5, 0.6) is 0 Å². The molecule has 1 aromatic rings. The van der Waals surface area contributed by atoms with E-state index in [2.05, 4.69) is 6.92 Å². The standard InChI is InChI=1S/C12H17NO4S2/c1-8-3-5-13(7-9(8)2)19(16,17)10-4-6-18-11(10)12(14)15/h4,6,8-9H,3,5,7H2,1-2H3,(H,14,15). The van der Waals surface area contributed by atoms with Crippen molar-refractivity contribution in [1.82, 2.24) is 4.31 Å². The number of piperidine rings is 1. The number of sulfonamides is 1. The van der Waals surface area contributed by atoms with E-state index in [4.69, 9.17) is 5.11 Å². The van der Waals surface area contributed by atoms with Gasteiger partial charge in [0.15, 0.2) is 0 Å². The van der Waals surface area contributed by atoms with Crippen molar-refractivity contribution >= 4 is 27.3 Å². The Balaban J connectivity index is 2.33. The Labute approximate surface area is 116 Å². The van der Waals surface area contributed by atoms with Gasteiger partial charge in [-0.25, -0.2) is 13.2 Å². The van der Waals surface area contributed by atoms with Crippen LogP contribution in [0.4, 0.5) is 0 Å². The molecular formula is C12H17NO4S2. The fraction of sp³-hybridized carbons (Fsp3) is 0.583. The van der Waals surface area contributed by atoms with Crippen LogP contribution < -0.4 is 0 Å². The molecule has 0 aliphatic carbocycles. The van der Waals surface area contributed by atoms with Crippen molar-refractivity contribution < 1.29 is 18.3 Å². The van der Waals surface area contributed by atoms with Gasteiger partial charge in [-0.3, -0.25) is 0 Å². The summed E-state index contributed by atoms with van der Waals surface area (Å²) < 4.78 is 26.4. The Morgan fingerprint density at radius 1 is 1.42 bits per heavy atom. The number of nitrogens with zero attached hydrogens (tertiary/aromatic N) is 1. The highest BCUT2D eigenvalue weighted by molar-refractivity contribution is 7.89. The maximum Gasteiger partial charge on any atom is 0.347 e. The van der Waals surface area contributed by atoms with Gasteiger partial charge in [-0.2, -0.15) is 4.31 Å². The molecule has 0 bridgehead atoms. The summed E-state index contributed by atoms with van der Waals surface area (Å²) >= 11 is 0.944. The number of thiophene rings is 1. The van der Waals surface area contributed by atoms with Crippen LogP contribution >= 0.6 is 11.3 Å². The van der Waals surface area contributed by atoms with Crippen LogP contribution in [0.1, 0.15) is 29.9 Å². The highest BCUT2D eigenvalue weighted by atomic mass is 32.2. The summed E-state index contributed by atoms with van der Waals surface area (Å²) in [6.07, 6.45) is 0.812. The quantitative estimate of drug-likeness (QED) is 0.928. The van der Waals surface area contributed by atoms with E-state index in [1.165, 1.54) is 15.8 Å². The summed E-state index contributed by atoms with van der Waals surface area (Å²) in [5.41, 5.74) is 0. The minimum absolute atomic E-state index is 0.0771. The molecule has 106 valence electrons. The third kappa shape index (κ3) is 2.68. The Hall–Kier alpha value is -0.920. The molecule has 1 aromatic heterocycles. The Bertz CT molecular complexity index is 578. The number of carboxylic acid groups (broad SMARTS) is 1. The topological polar surface area (TPSA) is 74.7 Å². The first-order valence-electron chi connectivity index (χ1n) is 6.15. The minimum Gasteiger partial charge on any atom is -0.477 e. The van der Waals surface area contributed by atoms with Crippen molar-refractivity contribution in [2.45, 2.75) is 25.2 Å². The summed E-state index contributed by atoms with van der Waals surface area (Å²) in [6, 6.07) is 1.38. The lowest BCUT2D eigenvalue weighted by Gasteiger charge is -2.34. The Morgan fingerprint density at radius 2 is 2.11 bits per heavy atom. The van der Waals surface area contributed by atoms with Gasteiger partial charge in [-0.05, 0) is 29.7 Å². The van der Waals surface area contributed by atoms with Gasteiger partial charge in [0.25, 0.3) is 0 Å². The van der Waals surface area contributed by atoms with Gasteiger partial charge in [0, 0.05) is 13.1 Å². The van der Waals surface area contributed by atoms with E-state index in [-0.39, 0.29) is 15.7 Å². The number of carboxylic acids is 1. The molecule has 0 radical (unpaired) electrons. The molecule has 19 heavy (non-hydrogen) atoms. The average Bonchev–Trinajstić information content (AvgIpc) is 2.82. The zero-order valence-corrected chi connectivity index (χ0v) is 12.5. The fourth-order valence-electron chi connectivity index (χ4n) is 2.24. The lowest BCUT2D eigenvalue weighted by atomic mass is 9.90. The first-order chi connectivity index (χ1) is 8.84. The SMILES string of the molecule is CC1CCN(S(=O)(=O)c2ccsc2C(=O)O)CC1C. The van der Waals surface area contributed by atoms with Crippen LogP contribution in [0.2, 0.25) is 0 Å². The maximum absolute atomic E-state index is 12.5. The van der Waals surface area contributed by atoms with Gasteiger partial charge < -0.3 is 5.11 Å². The second-order valence-corrected chi connectivity index (χ2v) is 7.85. The van der Waals surface area contributed by atoms with E-state index < -0.39 is 16.0 Å². The fourth-order valence-corrected chi connectivity index (χ4v) is 5.03. The van der Waals surface area contributed by atoms with Gasteiger partial charge in [-0.1, -0.05) is 13.8 Å². The second-order valence-electron chi connectivity index (χ2n) is 5.03. The van der Waals surface area contributed by atoms with E-state index >= 15 is 0 Å². The molecule has 2 atom stereocenters. The molecule has 2 heterocycles. The van der Waals surface area contributed by atoms with Crippen LogP contribution in [-0.2, 0) is 10.0 Å². The molecule has 0 aromatic carbocycles. The highest BCUT2D eigenvalue weighted by Gasteiger charge is 2.34. The summed E-state index contributed by atoms with van der Waals surface area (Å²) in [5, 5.41) is 10.5.